The molecule has 3 heteroatoms. The minimum Gasteiger partial charge on any atom is -0.515 e. The normalized spacial score (nSPS) is 55.8. The largest absolute Gasteiger partial charge is 0.515 e. The highest BCUT2D eigenvalue weighted by molar-refractivity contribution is 5.96. The first kappa shape index (κ1) is 16.6. The molecule has 0 bridgehead atoms. The van der Waals surface area contributed by atoms with Crippen molar-refractivity contribution in [3.8, 4) is 0 Å². The average molecular weight is 332 g/mol. The first-order valence-electron chi connectivity index (χ1n) is 9.82. The maximum Gasteiger partial charge on any atom is 0.162 e. The molecule has 0 aromatic carbocycles. The van der Waals surface area contributed by atoms with E-state index in [1.165, 1.54) is 6.42 Å². The van der Waals surface area contributed by atoms with Crippen LogP contribution in [0.1, 0.15) is 72.1 Å². The zero-order valence-corrected chi connectivity index (χ0v) is 15.3. The van der Waals surface area contributed by atoms with E-state index in [0.29, 0.717) is 35.7 Å². The van der Waals surface area contributed by atoms with Crippen LogP contribution in [0.4, 0.5) is 0 Å². The predicted molar refractivity (Wildman–Crippen MR) is 93.5 cm³/mol. The van der Waals surface area contributed by atoms with E-state index < -0.39 is 5.60 Å². The number of hydrogen-bond acceptors (Lipinski definition) is 3. The third kappa shape index (κ3) is 1.97. The van der Waals surface area contributed by atoms with Gasteiger partial charge in [0.2, 0.25) is 0 Å². The van der Waals surface area contributed by atoms with Gasteiger partial charge in [0.25, 0.3) is 0 Å². The highest BCUT2D eigenvalue weighted by atomic mass is 16.3. The molecule has 3 unspecified atom stereocenters. The summed E-state index contributed by atoms with van der Waals surface area (Å²) in [4.78, 5) is 12.2. The summed E-state index contributed by atoms with van der Waals surface area (Å²) in [6.45, 7) is 6.74. The van der Waals surface area contributed by atoms with Crippen molar-refractivity contribution in [3.05, 3.63) is 11.8 Å². The quantitative estimate of drug-likeness (QED) is 0.510. The summed E-state index contributed by atoms with van der Waals surface area (Å²) >= 11 is 0. The van der Waals surface area contributed by atoms with Crippen LogP contribution in [0, 0.1) is 34.5 Å². The van der Waals surface area contributed by atoms with E-state index in [9.17, 15) is 15.0 Å². The second-order valence-corrected chi connectivity index (χ2v) is 9.88. The Labute approximate surface area is 145 Å². The number of aliphatic hydroxyl groups excluding tert-OH is 1. The fourth-order valence-corrected chi connectivity index (χ4v) is 7.37. The van der Waals surface area contributed by atoms with Crippen molar-refractivity contribution in [2.24, 2.45) is 34.5 Å². The van der Waals surface area contributed by atoms with Gasteiger partial charge < -0.3 is 10.2 Å². The zero-order valence-electron chi connectivity index (χ0n) is 15.3. The maximum absolute atomic E-state index is 12.2. The summed E-state index contributed by atoms with van der Waals surface area (Å²) in [6, 6.07) is 0. The van der Waals surface area contributed by atoms with E-state index in [2.05, 4.69) is 13.8 Å². The zero-order chi connectivity index (χ0) is 17.3. The molecule has 7 atom stereocenters. The van der Waals surface area contributed by atoms with Crippen LogP contribution in [-0.4, -0.2) is 21.6 Å². The lowest BCUT2D eigenvalue weighted by molar-refractivity contribution is -0.147. The molecule has 0 aromatic heterocycles. The highest BCUT2D eigenvalue weighted by Gasteiger charge is 2.63. The van der Waals surface area contributed by atoms with Gasteiger partial charge in [-0.05, 0) is 86.4 Å². The molecule has 4 fully saturated rings. The van der Waals surface area contributed by atoms with Gasteiger partial charge in [-0.1, -0.05) is 13.8 Å². The molecule has 134 valence electrons. The van der Waals surface area contributed by atoms with Crippen LogP contribution in [0.2, 0.25) is 0 Å². The van der Waals surface area contributed by atoms with Crippen LogP contribution >= 0.6 is 0 Å². The first-order valence-corrected chi connectivity index (χ1v) is 9.82. The number of hydrogen-bond donors (Lipinski definition) is 2. The molecule has 3 nitrogen and oxygen atoms in total. The van der Waals surface area contributed by atoms with E-state index in [1.54, 1.807) is 0 Å². The number of fused-ring (bicyclic) bond motifs is 5. The Morgan fingerprint density at radius 1 is 1.04 bits per heavy atom. The van der Waals surface area contributed by atoms with Crippen molar-refractivity contribution >= 4 is 5.78 Å². The second-order valence-electron chi connectivity index (χ2n) is 9.88. The Bertz CT molecular complexity index is 592. The number of allylic oxidation sites excluding steroid dienone is 1. The van der Waals surface area contributed by atoms with Gasteiger partial charge in [0.1, 0.15) is 0 Å². The molecule has 4 rings (SSSR count). The van der Waals surface area contributed by atoms with E-state index in [1.807, 2.05) is 6.92 Å². The van der Waals surface area contributed by atoms with Crippen molar-refractivity contribution < 1.29 is 15.0 Å². The monoisotopic (exact) mass is 332 g/mol. The summed E-state index contributed by atoms with van der Waals surface area (Å²) < 4.78 is 0. The standard InChI is InChI=1S/C21H32O3/c1-19-11-13(12-22)18(23)10-14(19)4-5-15-16(19)6-8-20(2)17(15)7-9-21(20,3)24/h12,14-17,22,24H,4-11H2,1-3H3/b13-12+/t14-,15?,16?,17?,19-,20-,21-/m1/s1. The molecule has 4 aliphatic rings. The van der Waals surface area contributed by atoms with Gasteiger partial charge in [-0.15, -0.1) is 0 Å². The van der Waals surface area contributed by atoms with Crippen molar-refractivity contribution in [1.82, 2.24) is 0 Å². The van der Waals surface area contributed by atoms with Crippen LogP contribution < -0.4 is 0 Å². The lowest BCUT2D eigenvalue weighted by Gasteiger charge is -2.61. The number of carbonyl (C=O) groups is 1. The molecule has 24 heavy (non-hydrogen) atoms. The van der Waals surface area contributed by atoms with Gasteiger partial charge in [0.15, 0.2) is 5.78 Å². The number of aliphatic hydroxyl groups is 2. The molecule has 0 spiro atoms. The third-order valence-electron chi connectivity index (χ3n) is 9.14. The fraction of sp³-hybridized carbons (Fsp3) is 0.857. The van der Waals surface area contributed by atoms with Crippen LogP contribution in [0.3, 0.4) is 0 Å². The van der Waals surface area contributed by atoms with E-state index in [-0.39, 0.29) is 16.6 Å². The van der Waals surface area contributed by atoms with Crippen molar-refractivity contribution in [2.75, 3.05) is 0 Å². The van der Waals surface area contributed by atoms with Gasteiger partial charge >= 0.3 is 0 Å². The summed E-state index contributed by atoms with van der Waals surface area (Å²) in [6.07, 6.45) is 9.11. The highest BCUT2D eigenvalue weighted by Crippen LogP contribution is 2.68. The van der Waals surface area contributed by atoms with Crippen LogP contribution in [-0.2, 0) is 4.79 Å². The topological polar surface area (TPSA) is 57.5 Å². The minimum absolute atomic E-state index is 0.0531. The Morgan fingerprint density at radius 2 is 1.75 bits per heavy atom. The SMILES string of the molecule is C[C@@]12C/C(=C\O)C(=O)C[C@H]1CCC1C2CC[C@]2(C)C1CC[C@@]2(C)O. The van der Waals surface area contributed by atoms with Crippen LogP contribution in [0.25, 0.3) is 0 Å². The molecule has 0 radical (unpaired) electrons. The van der Waals surface area contributed by atoms with Crippen molar-refractivity contribution in [2.45, 2.75) is 77.7 Å². The molecule has 0 saturated heterocycles. The summed E-state index contributed by atoms with van der Waals surface area (Å²) in [5.74, 6) is 2.55. The summed E-state index contributed by atoms with van der Waals surface area (Å²) in [7, 11) is 0. The van der Waals surface area contributed by atoms with E-state index in [0.717, 1.165) is 44.8 Å². The molecular weight excluding hydrogens is 300 g/mol. The molecule has 0 aliphatic heterocycles. The van der Waals surface area contributed by atoms with Gasteiger partial charge in [-0.25, -0.2) is 0 Å². The van der Waals surface area contributed by atoms with Crippen LogP contribution in [0.15, 0.2) is 11.8 Å². The van der Waals surface area contributed by atoms with Gasteiger partial charge in [0.05, 0.1) is 11.9 Å². The number of rotatable bonds is 0. The summed E-state index contributed by atoms with van der Waals surface area (Å²) in [5, 5.41) is 20.5. The Balaban J connectivity index is 1.67. The average Bonchev–Trinajstić information content (AvgIpc) is 2.77. The molecule has 2 N–H and O–H groups in total. The lowest BCUT2D eigenvalue weighted by Crippen LogP contribution is -2.56. The minimum atomic E-state index is -0.529. The van der Waals surface area contributed by atoms with Gasteiger partial charge in [-0.3, -0.25) is 4.79 Å². The molecule has 0 heterocycles. The molecule has 4 aliphatic carbocycles. The maximum atomic E-state index is 12.2. The van der Waals surface area contributed by atoms with Gasteiger partial charge in [-0.2, -0.15) is 0 Å². The number of carbonyl (C=O) groups excluding carboxylic acids is 1. The predicted octanol–water partition coefficient (Wildman–Crippen LogP) is 4.40. The van der Waals surface area contributed by atoms with E-state index in [4.69, 9.17) is 0 Å². The van der Waals surface area contributed by atoms with E-state index >= 15 is 0 Å². The lowest BCUT2D eigenvalue weighted by atomic mass is 9.44. The Hall–Kier alpha value is -0.830. The fourth-order valence-electron chi connectivity index (χ4n) is 7.37. The van der Waals surface area contributed by atoms with Crippen molar-refractivity contribution in [3.63, 3.8) is 0 Å². The number of Topliss-reactive ketones (excluding diaryl/α,β-unsaturated/α-hetero) is 1. The first-order chi connectivity index (χ1) is 11.2. The molecule has 0 aromatic rings. The van der Waals surface area contributed by atoms with Gasteiger partial charge in [0, 0.05) is 12.0 Å². The number of ketones is 1. The third-order valence-corrected chi connectivity index (χ3v) is 9.14. The Morgan fingerprint density at radius 3 is 2.46 bits per heavy atom. The molecular formula is C21H32O3. The Kier molecular flexibility index (Phi) is 3.53. The molecule has 0 amide bonds. The van der Waals surface area contributed by atoms with Crippen molar-refractivity contribution in [1.29, 1.82) is 0 Å². The second kappa shape index (κ2) is 5.09. The van der Waals surface area contributed by atoms with Crippen LogP contribution in [0.5, 0.6) is 0 Å². The molecule has 4 saturated carbocycles. The summed E-state index contributed by atoms with van der Waals surface area (Å²) in [5.41, 5.74) is 0.304. The smallest absolute Gasteiger partial charge is 0.162 e.